The van der Waals surface area contributed by atoms with Crippen LogP contribution in [0.4, 0.5) is 5.69 Å². The van der Waals surface area contributed by atoms with E-state index in [1.165, 1.54) is 0 Å². The molecule has 2 aromatic carbocycles. The molecule has 1 heterocycles. The third-order valence-corrected chi connectivity index (χ3v) is 4.58. The number of halogens is 1. The molecule has 0 bridgehead atoms. The molecule has 136 valence electrons. The van der Waals surface area contributed by atoms with Crippen LogP contribution in [0, 0.1) is 24.2 Å². The molecule has 1 N–H and O–H groups in total. The summed E-state index contributed by atoms with van der Waals surface area (Å²) in [4.78, 5) is 16.9. The summed E-state index contributed by atoms with van der Waals surface area (Å²) in [6, 6.07) is 16.7. The summed E-state index contributed by atoms with van der Waals surface area (Å²) in [5.41, 5.74) is 3.15. The maximum absolute atomic E-state index is 12.5. The number of pyridine rings is 1. The van der Waals surface area contributed by atoms with Crippen molar-refractivity contribution < 1.29 is 9.53 Å². The first-order valence-electron chi connectivity index (χ1n) is 8.40. The smallest absolute Gasteiger partial charge is 0.242 e. The molecular formula is C21H18ClN3O2. The molecular weight excluding hydrogens is 362 g/mol. The first kappa shape index (κ1) is 18.7. The first-order chi connectivity index (χ1) is 13.0. The van der Waals surface area contributed by atoms with Crippen LogP contribution in [0.15, 0.2) is 48.5 Å². The molecule has 0 aliphatic carbocycles. The lowest BCUT2D eigenvalue weighted by Gasteiger charge is -2.12. The van der Waals surface area contributed by atoms with E-state index in [-0.39, 0.29) is 12.3 Å². The van der Waals surface area contributed by atoms with Crippen LogP contribution in [0.25, 0.3) is 10.9 Å². The fraction of sp³-hybridized carbons (Fsp3) is 0.190. The van der Waals surface area contributed by atoms with Gasteiger partial charge in [0.15, 0.2) is 0 Å². The first-order valence-corrected chi connectivity index (χ1v) is 8.78. The Hall–Kier alpha value is -3.10. The molecule has 0 saturated carbocycles. The number of carbonyl (C=O) groups is 1. The van der Waals surface area contributed by atoms with Crippen molar-refractivity contribution in [3.8, 4) is 11.8 Å². The van der Waals surface area contributed by atoms with E-state index in [4.69, 9.17) is 16.3 Å². The second-order valence-corrected chi connectivity index (χ2v) is 6.60. The van der Waals surface area contributed by atoms with Gasteiger partial charge in [0.1, 0.15) is 16.8 Å². The number of methoxy groups -OCH3 is 1. The van der Waals surface area contributed by atoms with Gasteiger partial charge in [-0.15, -0.1) is 0 Å². The van der Waals surface area contributed by atoms with Crippen molar-refractivity contribution in [2.24, 2.45) is 5.92 Å². The molecule has 5 nitrogen and oxygen atoms in total. The number of aryl methyl sites for hydroxylation is 1. The van der Waals surface area contributed by atoms with E-state index in [0.29, 0.717) is 22.2 Å². The van der Waals surface area contributed by atoms with Crippen LogP contribution in [0.5, 0.6) is 5.75 Å². The standard InChI is InChI=1S/C21H18ClN3O2/c1-13-3-4-14-10-15(20(22)25-19(14)9-13)11-16(12-23)21(26)24-17-5-7-18(27-2)8-6-17/h3-10,16H,11H2,1-2H3,(H,24,26). The molecule has 1 unspecified atom stereocenters. The second kappa shape index (κ2) is 8.07. The van der Waals surface area contributed by atoms with Gasteiger partial charge in [0.05, 0.1) is 18.7 Å². The minimum absolute atomic E-state index is 0.189. The molecule has 0 aliphatic heterocycles. The number of anilines is 1. The van der Waals surface area contributed by atoms with Crippen molar-refractivity contribution in [1.29, 1.82) is 5.26 Å². The van der Waals surface area contributed by atoms with Gasteiger partial charge in [0, 0.05) is 17.5 Å². The van der Waals surface area contributed by atoms with E-state index in [1.54, 1.807) is 31.4 Å². The van der Waals surface area contributed by atoms with Crippen molar-refractivity contribution >= 4 is 34.1 Å². The summed E-state index contributed by atoms with van der Waals surface area (Å²) in [5, 5.41) is 13.4. The number of nitrogens with one attached hydrogen (secondary N) is 1. The predicted molar refractivity (Wildman–Crippen MR) is 106 cm³/mol. The van der Waals surface area contributed by atoms with Crippen molar-refractivity contribution in [2.45, 2.75) is 13.3 Å². The van der Waals surface area contributed by atoms with Crippen LogP contribution in [-0.2, 0) is 11.2 Å². The highest BCUT2D eigenvalue weighted by Crippen LogP contribution is 2.24. The SMILES string of the molecule is COc1ccc(NC(=O)C(C#N)Cc2cc3ccc(C)cc3nc2Cl)cc1. The zero-order chi connectivity index (χ0) is 19.4. The maximum atomic E-state index is 12.5. The second-order valence-electron chi connectivity index (χ2n) is 6.24. The number of ether oxygens (including phenoxy) is 1. The molecule has 3 rings (SSSR count). The Morgan fingerprint density at radius 1 is 1.26 bits per heavy atom. The van der Waals surface area contributed by atoms with E-state index >= 15 is 0 Å². The van der Waals surface area contributed by atoms with E-state index in [0.717, 1.165) is 16.5 Å². The number of carbonyl (C=O) groups excluding carboxylic acids is 1. The lowest BCUT2D eigenvalue weighted by atomic mass is 9.99. The van der Waals surface area contributed by atoms with Crippen LogP contribution in [0.2, 0.25) is 5.15 Å². The van der Waals surface area contributed by atoms with Crippen molar-refractivity contribution in [3.05, 3.63) is 64.8 Å². The van der Waals surface area contributed by atoms with Gasteiger partial charge in [-0.25, -0.2) is 4.98 Å². The Bertz CT molecular complexity index is 1030. The zero-order valence-corrected chi connectivity index (χ0v) is 15.7. The molecule has 1 aromatic heterocycles. The van der Waals surface area contributed by atoms with Crippen LogP contribution in [0.3, 0.4) is 0 Å². The summed E-state index contributed by atoms with van der Waals surface area (Å²) in [5.74, 6) is -0.578. The van der Waals surface area contributed by atoms with Gasteiger partial charge in [0.25, 0.3) is 0 Å². The lowest BCUT2D eigenvalue weighted by Crippen LogP contribution is -2.23. The lowest BCUT2D eigenvalue weighted by molar-refractivity contribution is -0.118. The van der Waals surface area contributed by atoms with Crippen LogP contribution < -0.4 is 10.1 Å². The summed E-state index contributed by atoms with van der Waals surface area (Å²) in [7, 11) is 1.57. The number of hydrogen-bond donors (Lipinski definition) is 1. The summed E-state index contributed by atoms with van der Waals surface area (Å²) in [6.45, 7) is 1.98. The average molecular weight is 380 g/mol. The molecule has 0 fully saturated rings. The molecule has 1 atom stereocenters. The molecule has 6 heteroatoms. The molecule has 0 radical (unpaired) electrons. The Balaban J connectivity index is 1.78. The molecule has 0 saturated heterocycles. The number of nitriles is 1. The fourth-order valence-corrected chi connectivity index (χ4v) is 2.98. The molecule has 1 amide bonds. The van der Waals surface area contributed by atoms with Crippen molar-refractivity contribution in [1.82, 2.24) is 4.98 Å². The third-order valence-electron chi connectivity index (χ3n) is 4.25. The van der Waals surface area contributed by atoms with Gasteiger partial charge in [-0.3, -0.25) is 4.79 Å². The quantitative estimate of drug-likeness (QED) is 0.661. The van der Waals surface area contributed by atoms with E-state index in [2.05, 4.69) is 16.4 Å². The van der Waals surface area contributed by atoms with Gasteiger partial charge < -0.3 is 10.1 Å². The zero-order valence-electron chi connectivity index (χ0n) is 15.0. The van der Waals surface area contributed by atoms with E-state index < -0.39 is 5.92 Å². The molecule has 0 aliphatic rings. The third kappa shape index (κ3) is 4.36. The average Bonchev–Trinajstić information content (AvgIpc) is 2.66. The minimum atomic E-state index is -0.880. The van der Waals surface area contributed by atoms with Crippen molar-refractivity contribution in [2.75, 3.05) is 12.4 Å². The predicted octanol–water partition coefficient (Wildman–Crippen LogP) is 4.53. The normalized spacial score (nSPS) is 11.6. The highest BCUT2D eigenvalue weighted by atomic mass is 35.5. The van der Waals surface area contributed by atoms with Crippen LogP contribution >= 0.6 is 11.6 Å². The van der Waals surface area contributed by atoms with Gasteiger partial charge >= 0.3 is 0 Å². The van der Waals surface area contributed by atoms with Crippen LogP contribution in [-0.4, -0.2) is 18.0 Å². The molecule has 27 heavy (non-hydrogen) atoms. The number of nitrogens with zero attached hydrogens (tertiary/aromatic N) is 2. The Labute approximate surface area is 162 Å². The summed E-state index contributed by atoms with van der Waals surface area (Å²) >= 11 is 6.29. The monoisotopic (exact) mass is 379 g/mol. The number of aromatic nitrogens is 1. The van der Waals surface area contributed by atoms with Gasteiger partial charge in [-0.1, -0.05) is 23.7 Å². The van der Waals surface area contributed by atoms with Gasteiger partial charge in [-0.2, -0.15) is 5.26 Å². The maximum Gasteiger partial charge on any atom is 0.242 e. The van der Waals surface area contributed by atoms with Crippen molar-refractivity contribution in [3.63, 3.8) is 0 Å². The number of benzene rings is 2. The van der Waals surface area contributed by atoms with E-state index in [9.17, 15) is 10.1 Å². The summed E-state index contributed by atoms with van der Waals surface area (Å²) < 4.78 is 5.09. The van der Waals surface area contributed by atoms with Gasteiger partial charge in [0.2, 0.25) is 5.91 Å². The topological polar surface area (TPSA) is 75.0 Å². The number of hydrogen-bond acceptors (Lipinski definition) is 4. The number of rotatable bonds is 5. The number of fused-ring (bicyclic) bond motifs is 1. The van der Waals surface area contributed by atoms with E-state index in [1.807, 2.05) is 31.2 Å². The minimum Gasteiger partial charge on any atom is -0.497 e. The Morgan fingerprint density at radius 3 is 2.67 bits per heavy atom. The van der Waals surface area contributed by atoms with Gasteiger partial charge in [-0.05, 0) is 54.4 Å². The Kier molecular flexibility index (Phi) is 5.58. The highest BCUT2D eigenvalue weighted by molar-refractivity contribution is 6.30. The summed E-state index contributed by atoms with van der Waals surface area (Å²) in [6.07, 6.45) is 0.189. The number of amides is 1. The van der Waals surface area contributed by atoms with Crippen LogP contribution in [0.1, 0.15) is 11.1 Å². The molecule has 0 spiro atoms. The fourth-order valence-electron chi connectivity index (χ4n) is 2.76. The molecule has 3 aromatic rings. The Morgan fingerprint density at radius 2 is 2.00 bits per heavy atom. The highest BCUT2D eigenvalue weighted by Gasteiger charge is 2.21. The largest absolute Gasteiger partial charge is 0.497 e.